The van der Waals surface area contributed by atoms with Gasteiger partial charge < -0.3 is 40.4 Å². The topological polar surface area (TPSA) is 227 Å². The molecule has 0 unspecified atom stereocenters. The zero-order valence-electron chi connectivity index (χ0n) is 26.4. The number of nitrogens with zero attached hydrogens (tertiary/aromatic N) is 1. The Morgan fingerprint density at radius 3 is 1.62 bits per heavy atom. The molecule has 2 aliphatic rings. The van der Waals surface area contributed by atoms with Crippen LogP contribution in [-0.2, 0) is 38.1 Å². The largest absolute Gasteiger partial charge is 0.478 e. The van der Waals surface area contributed by atoms with Crippen molar-refractivity contribution in [2.75, 3.05) is 83.9 Å². The number of carboxylic acids is 2. The van der Waals surface area contributed by atoms with Crippen LogP contribution in [0.25, 0.3) is 0 Å². The van der Waals surface area contributed by atoms with E-state index in [2.05, 4.69) is 20.7 Å². The van der Waals surface area contributed by atoms with E-state index in [-0.39, 0.29) is 45.7 Å². The maximum absolute atomic E-state index is 12.6. The molecule has 47 heavy (non-hydrogen) atoms. The highest BCUT2D eigenvalue weighted by Crippen LogP contribution is 2.27. The summed E-state index contributed by atoms with van der Waals surface area (Å²) in [5, 5.41) is 26.2. The molecule has 0 saturated carbocycles. The predicted molar refractivity (Wildman–Crippen MR) is 175 cm³/mol. The molecule has 16 nitrogen and oxygen atoms in total. The van der Waals surface area contributed by atoms with Crippen LogP contribution in [0.4, 0.5) is 11.4 Å². The molecule has 19 heteroatoms. The molecule has 0 aliphatic carbocycles. The number of morpholine rings is 2. The van der Waals surface area contributed by atoms with Crippen LogP contribution in [0.1, 0.15) is 34.6 Å². The number of anilines is 2. The highest BCUT2D eigenvalue weighted by molar-refractivity contribution is 8.13. The minimum Gasteiger partial charge on any atom is -0.478 e. The lowest BCUT2D eigenvalue weighted by atomic mass is 10.2. The minimum absolute atomic E-state index is 0.0261. The average molecular weight is 725 g/mol. The molecule has 0 amide bonds. The van der Waals surface area contributed by atoms with Crippen LogP contribution in [-0.4, -0.2) is 123 Å². The quantitative estimate of drug-likeness (QED) is 0.194. The third kappa shape index (κ3) is 14.4. The summed E-state index contributed by atoms with van der Waals surface area (Å²) < 4.78 is 63.2. The average Bonchev–Trinajstić information content (AvgIpc) is 3.05. The number of esters is 1. The number of rotatable bonds is 8. The molecule has 2 aromatic rings. The van der Waals surface area contributed by atoms with Crippen LogP contribution in [0, 0.1) is 0 Å². The molecule has 2 heterocycles. The van der Waals surface area contributed by atoms with E-state index in [1.165, 1.54) is 48.6 Å². The van der Waals surface area contributed by atoms with Gasteiger partial charge in [0, 0.05) is 57.9 Å². The number of carboxylic acid groups (broad SMARTS) is 2. The van der Waals surface area contributed by atoms with Gasteiger partial charge in [0.25, 0.3) is 9.05 Å². The third-order valence-electron chi connectivity index (χ3n) is 6.04. The van der Waals surface area contributed by atoms with Crippen LogP contribution in [0.15, 0.2) is 46.2 Å². The second-order valence-corrected chi connectivity index (χ2v) is 13.7. The van der Waals surface area contributed by atoms with E-state index in [0.717, 1.165) is 32.4 Å². The molecule has 4 rings (SSSR count). The Balaban J connectivity index is 0.000000356. The maximum Gasteiger partial charge on any atom is 0.335 e. The summed E-state index contributed by atoms with van der Waals surface area (Å²) in [7, 11) is 0.577. The first kappa shape index (κ1) is 41.5. The second-order valence-electron chi connectivity index (χ2n) is 9.27. The zero-order chi connectivity index (χ0) is 35.6. The van der Waals surface area contributed by atoms with Gasteiger partial charge in [0.1, 0.15) is 9.79 Å². The molecule has 0 atom stereocenters. The molecule has 2 aromatic carbocycles. The monoisotopic (exact) mass is 724 g/mol. The number of ether oxygens (including phenoxy) is 3. The summed E-state index contributed by atoms with van der Waals surface area (Å²) in [6.45, 7) is 8.70. The van der Waals surface area contributed by atoms with E-state index < -0.39 is 31.0 Å². The Hall–Kier alpha value is -3.52. The summed E-state index contributed by atoms with van der Waals surface area (Å²) >= 11 is 0. The first-order chi connectivity index (χ1) is 22.1. The summed E-state index contributed by atoms with van der Waals surface area (Å²) in [5.74, 6) is -2.58. The molecule has 0 spiro atoms. The fourth-order valence-electron chi connectivity index (χ4n) is 3.78. The molecule has 0 radical (unpaired) electrons. The van der Waals surface area contributed by atoms with Crippen molar-refractivity contribution in [1.29, 1.82) is 0 Å². The Bertz CT molecular complexity index is 1530. The summed E-state index contributed by atoms with van der Waals surface area (Å²) in [4.78, 5) is 31.2. The van der Waals surface area contributed by atoms with Crippen LogP contribution < -0.4 is 16.0 Å². The van der Waals surface area contributed by atoms with Gasteiger partial charge in [0.05, 0.1) is 55.5 Å². The number of hydrogen-bond donors (Lipinski definition) is 5. The molecule has 5 N–H and O–H groups in total. The molecule has 264 valence electrons. The smallest absolute Gasteiger partial charge is 0.335 e. The second kappa shape index (κ2) is 20.7. The molecule has 2 saturated heterocycles. The van der Waals surface area contributed by atoms with E-state index in [9.17, 15) is 31.2 Å². The third-order valence-corrected chi connectivity index (χ3v) is 9.34. The normalized spacial score (nSPS) is 14.7. The fourth-order valence-corrected chi connectivity index (χ4v) is 6.50. The van der Waals surface area contributed by atoms with Crippen LogP contribution >= 0.6 is 10.7 Å². The van der Waals surface area contributed by atoms with Gasteiger partial charge in [-0.15, -0.1) is 0 Å². The lowest BCUT2D eigenvalue weighted by Crippen LogP contribution is -2.40. The highest BCUT2D eigenvalue weighted by atomic mass is 35.7. The van der Waals surface area contributed by atoms with Crippen molar-refractivity contribution in [1.82, 2.24) is 9.62 Å². The lowest BCUT2D eigenvalue weighted by Gasteiger charge is -2.27. The SMILES string of the molecule is C1COCCN1.CCOC(C)=O.CNc1ccc(C(=O)O)cc1S(=O)(=O)Cl.CNc1ccc(C(=O)O)cc1S(=O)(=O)N1CCOCC1. The van der Waals surface area contributed by atoms with Crippen molar-refractivity contribution < 1.29 is 55.6 Å². The van der Waals surface area contributed by atoms with E-state index in [1.54, 1.807) is 14.0 Å². The predicted octanol–water partition coefficient (Wildman–Crippen LogP) is 1.98. The van der Waals surface area contributed by atoms with E-state index in [1.807, 2.05) is 0 Å². The van der Waals surface area contributed by atoms with Gasteiger partial charge in [-0.1, -0.05) is 0 Å². The van der Waals surface area contributed by atoms with Gasteiger partial charge in [0.15, 0.2) is 0 Å². The highest BCUT2D eigenvalue weighted by Gasteiger charge is 2.29. The number of hydrogen-bond acceptors (Lipinski definition) is 13. The Labute approximate surface area is 278 Å². The Morgan fingerprint density at radius 2 is 1.30 bits per heavy atom. The van der Waals surface area contributed by atoms with Gasteiger partial charge in [-0.2, -0.15) is 4.31 Å². The van der Waals surface area contributed by atoms with Gasteiger partial charge in [0.2, 0.25) is 10.0 Å². The number of sulfonamides is 1. The van der Waals surface area contributed by atoms with Gasteiger partial charge in [-0.25, -0.2) is 26.4 Å². The number of benzene rings is 2. The lowest BCUT2D eigenvalue weighted by molar-refractivity contribution is -0.140. The summed E-state index contributed by atoms with van der Waals surface area (Å²) in [6, 6.07) is 7.65. The van der Waals surface area contributed by atoms with Gasteiger partial charge >= 0.3 is 17.9 Å². The summed E-state index contributed by atoms with van der Waals surface area (Å²) in [6.07, 6.45) is 0. The first-order valence-corrected chi connectivity index (χ1v) is 17.9. The van der Waals surface area contributed by atoms with Gasteiger partial charge in [-0.3, -0.25) is 4.79 Å². The van der Waals surface area contributed by atoms with Crippen molar-refractivity contribution in [3.05, 3.63) is 47.5 Å². The molecular formula is C28H41ClN4O12S2. The van der Waals surface area contributed by atoms with Gasteiger partial charge in [-0.05, 0) is 43.3 Å². The summed E-state index contributed by atoms with van der Waals surface area (Å²) in [5.41, 5.74) is 0.445. The van der Waals surface area contributed by atoms with Crippen LogP contribution in [0.2, 0.25) is 0 Å². The van der Waals surface area contributed by atoms with Crippen molar-refractivity contribution in [2.24, 2.45) is 0 Å². The maximum atomic E-state index is 12.6. The molecule has 2 aliphatic heterocycles. The van der Waals surface area contributed by atoms with E-state index in [0.29, 0.717) is 25.5 Å². The van der Waals surface area contributed by atoms with Crippen molar-refractivity contribution >= 4 is 59.0 Å². The number of nitrogens with one attached hydrogen (secondary N) is 3. The molecular weight excluding hydrogens is 684 g/mol. The van der Waals surface area contributed by atoms with E-state index in [4.69, 9.17) is 30.4 Å². The first-order valence-electron chi connectivity index (χ1n) is 14.1. The number of halogens is 1. The number of carbonyl (C=O) groups excluding carboxylic acids is 1. The fraction of sp³-hybridized carbons (Fsp3) is 0.464. The van der Waals surface area contributed by atoms with Crippen LogP contribution in [0.5, 0.6) is 0 Å². The van der Waals surface area contributed by atoms with Crippen molar-refractivity contribution in [2.45, 2.75) is 23.6 Å². The molecule has 0 aromatic heterocycles. The van der Waals surface area contributed by atoms with E-state index >= 15 is 0 Å². The Kier molecular flexibility index (Phi) is 18.2. The van der Waals surface area contributed by atoms with Crippen molar-refractivity contribution in [3.63, 3.8) is 0 Å². The zero-order valence-corrected chi connectivity index (χ0v) is 28.8. The standard InChI is InChI=1S/C12H16N2O5S.C8H8ClNO4S.C4H9NO.C4H8O2/c1-13-10-3-2-9(12(15)16)8-11(10)20(17,18)14-4-6-19-7-5-14;1-10-6-3-2-5(8(11)12)4-7(6)15(9,13)14;1-3-6-4-2-5-1;1-3-6-4(2)5/h2-3,8,13H,4-7H2,1H3,(H,15,16);2-4,10H,1H3,(H,11,12);5H,1-4H2;3H2,1-2H3. The van der Waals surface area contributed by atoms with Crippen molar-refractivity contribution in [3.8, 4) is 0 Å². The number of aromatic carboxylic acids is 2. The minimum atomic E-state index is -3.96. The molecule has 0 bridgehead atoms. The number of carbonyl (C=O) groups is 3. The molecule has 2 fully saturated rings. The van der Waals surface area contributed by atoms with Crippen LogP contribution in [0.3, 0.4) is 0 Å². The Morgan fingerprint density at radius 1 is 0.851 bits per heavy atom.